The van der Waals surface area contributed by atoms with Gasteiger partial charge in [0.15, 0.2) is 5.89 Å². The lowest BCUT2D eigenvalue weighted by Crippen LogP contribution is -2.09. The Bertz CT molecular complexity index is 328. The van der Waals surface area contributed by atoms with Crippen LogP contribution in [0.2, 0.25) is 0 Å². The second-order valence-corrected chi connectivity index (χ2v) is 4.11. The van der Waals surface area contributed by atoms with Crippen LogP contribution in [0.4, 0.5) is 0 Å². The summed E-state index contributed by atoms with van der Waals surface area (Å²) in [6, 6.07) is 0. The fraction of sp³-hybridized carbons (Fsp3) is 0.700. The molecule has 1 fully saturated rings. The maximum Gasteiger partial charge on any atom is 0.197 e. The molecule has 0 aromatic carbocycles. The van der Waals surface area contributed by atoms with Crippen molar-refractivity contribution in [3.8, 4) is 0 Å². The van der Waals surface area contributed by atoms with Gasteiger partial charge in [-0.3, -0.25) is 0 Å². The van der Waals surface area contributed by atoms with Crippen LogP contribution in [0.3, 0.4) is 0 Å². The van der Waals surface area contributed by atoms with Crippen LogP contribution in [0.25, 0.3) is 0 Å². The van der Waals surface area contributed by atoms with Gasteiger partial charge in [-0.15, -0.1) is 0 Å². The van der Waals surface area contributed by atoms with Crippen LogP contribution in [0, 0.1) is 0 Å². The van der Waals surface area contributed by atoms with Gasteiger partial charge in [-0.2, -0.15) is 0 Å². The Morgan fingerprint density at radius 2 is 2.23 bits per heavy atom. The number of hydrogen-bond acceptors (Lipinski definition) is 3. The zero-order valence-corrected chi connectivity index (χ0v) is 7.62. The van der Waals surface area contributed by atoms with E-state index in [1.165, 1.54) is 12.8 Å². The molecule has 2 aliphatic carbocycles. The van der Waals surface area contributed by atoms with E-state index in [2.05, 4.69) is 4.98 Å². The summed E-state index contributed by atoms with van der Waals surface area (Å²) in [6.07, 6.45) is 4.68. The van der Waals surface area contributed by atoms with Crippen molar-refractivity contribution in [2.24, 2.45) is 5.73 Å². The predicted octanol–water partition coefficient (Wildman–Crippen LogP) is 1.54. The van der Waals surface area contributed by atoms with Crippen molar-refractivity contribution in [3.63, 3.8) is 0 Å². The van der Waals surface area contributed by atoms with Crippen LogP contribution in [-0.2, 0) is 6.42 Å². The lowest BCUT2D eigenvalue weighted by molar-refractivity contribution is 0.456. The van der Waals surface area contributed by atoms with Gasteiger partial charge in [0.1, 0.15) is 5.76 Å². The van der Waals surface area contributed by atoms with Crippen molar-refractivity contribution in [1.29, 1.82) is 0 Å². The first-order valence-electron chi connectivity index (χ1n) is 5.08. The molecule has 3 heteroatoms. The van der Waals surface area contributed by atoms with Crippen LogP contribution < -0.4 is 5.73 Å². The molecular formula is C10H14N2O. The standard InChI is InChI=1S/C10H14N2O/c11-5-7-3-4-8-9(7)12-10(13-8)6-1-2-6/h6-7H,1-5,11H2. The fourth-order valence-electron chi connectivity index (χ4n) is 2.06. The minimum atomic E-state index is 0.464. The number of hydrogen-bond donors (Lipinski definition) is 1. The average Bonchev–Trinajstić information content (AvgIpc) is 2.78. The summed E-state index contributed by atoms with van der Waals surface area (Å²) in [5.41, 5.74) is 6.82. The molecule has 0 radical (unpaired) electrons. The van der Waals surface area contributed by atoms with Gasteiger partial charge in [-0.05, 0) is 19.3 Å². The number of rotatable bonds is 2. The maximum absolute atomic E-state index is 5.72. The summed E-state index contributed by atoms with van der Waals surface area (Å²) in [5.74, 6) is 3.18. The van der Waals surface area contributed by atoms with Crippen LogP contribution >= 0.6 is 0 Å². The van der Waals surface area contributed by atoms with Gasteiger partial charge in [-0.1, -0.05) is 0 Å². The Labute approximate surface area is 77.3 Å². The Balaban J connectivity index is 1.95. The van der Waals surface area contributed by atoms with E-state index in [1.54, 1.807) is 0 Å². The number of aromatic nitrogens is 1. The van der Waals surface area contributed by atoms with Crippen LogP contribution in [0.1, 0.15) is 48.4 Å². The molecule has 0 bridgehead atoms. The summed E-state index contributed by atoms with van der Waals surface area (Å²) in [5, 5.41) is 0. The average molecular weight is 178 g/mol. The van der Waals surface area contributed by atoms with Crippen LogP contribution in [-0.4, -0.2) is 11.5 Å². The number of aryl methyl sites for hydroxylation is 1. The molecule has 1 aromatic rings. The highest BCUT2D eigenvalue weighted by Crippen LogP contribution is 2.42. The Morgan fingerprint density at radius 1 is 1.38 bits per heavy atom. The second kappa shape index (κ2) is 2.58. The molecule has 70 valence electrons. The SMILES string of the molecule is NCC1CCc2oc(C3CC3)nc21. The lowest BCUT2D eigenvalue weighted by atomic mass is 10.1. The van der Waals surface area contributed by atoms with Crippen molar-refractivity contribution < 1.29 is 4.42 Å². The zero-order valence-electron chi connectivity index (χ0n) is 7.62. The highest BCUT2D eigenvalue weighted by Gasteiger charge is 2.34. The summed E-state index contributed by atoms with van der Waals surface area (Å²) >= 11 is 0. The van der Waals surface area contributed by atoms with Crippen molar-refractivity contribution in [1.82, 2.24) is 4.98 Å². The van der Waals surface area contributed by atoms with Crippen molar-refractivity contribution in [2.45, 2.75) is 37.5 Å². The Hall–Kier alpha value is -0.830. The van der Waals surface area contributed by atoms with E-state index in [-0.39, 0.29) is 0 Å². The highest BCUT2D eigenvalue weighted by atomic mass is 16.4. The largest absolute Gasteiger partial charge is 0.445 e. The first-order valence-corrected chi connectivity index (χ1v) is 5.08. The second-order valence-electron chi connectivity index (χ2n) is 4.11. The molecule has 2 aliphatic rings. The molecule has 1 unspecified atom stereocenters. The molecular weight excluding hydrogens is 164 g/mol. The fourth-order valence-corrected chi connectivity index (χ4v) is 2.06. The van der Waals surface area contributed by atoms with E-state index in [4.69, 9.17) is 10.2 Å². The van der Waals surface area contributed by atoms with Gasteiger partial charge in [0.25, 0.3) is 0 Å². The molecule has 0 spiro atoms. The lowest BCUT2D eigenvalue weighted by Gasteiger charge is -2.01. The van der Waals surface area contributed by atoms with Gasteiger partial charge < -0.3 is 10.2 Å². The molecule has 0 amide bonds. The van der Waals surface area contributed by atoms with Crippen molar-refractivity contribution in [3.05, 3.63) is 17.3 Å². The zero-order chi connectivity index (χ0) is 8.84. The molecule has 1 atom stereocenters. The van der Waals surface area contributed by atoms with Gasteiger partial charge >= 0.3 is 0 Å². The van der Waals surface area contributed by atoms with E-state index < -0.39 is 0 Å². The first-order chi connectivity index (χ1) is 6.38. The predicted molar refractivity (Wildman–Crippen MR) is 48.6 cm³/mol. The summed E-state index contributed by atoms with van der Waals surface area (Å²) in [6.45, 7) is 0.712. The minimum absolute atomic E-state index is 0.464. The third-order valence-corrected chi connectivity index (χ3v) is 3.06. The van der Waals surface area contributed by atoms with E-state index in [1.807, 2.05) is 0 Å². The van der Waals surface area contributed by atoms with E-state index >= 15 is 0 Å². The number of nitrogens with two attached hydrogens (primary N) is 1. The summed E-state index contributed by atoms with van der Waals surface area (Å²) in [4.78, 5) is 4.56. The molecule has 0 aliphatic heterocycles. The van der Waals surface area contributed by atoms with Gasteiger partial charge in [0.05, 0.1) is 5.69 Å². The quantitative estimate of drug-likeness (QED) is 0.747. The van der Waals surface area contributed by atoms with Crippen LogP contribution in [0.5, 0.6) is 0 Å². The smallest absolute Gasteiger partial charge is 0.197 e. The molecule has 3 rings (SSSR count). The highest BCUT2D eigenvalue weighted by molar-refractivity contribution is 5.23. The summed E-state index contributed by atoms with van der Waals surface area (Å²) < 4.78 is 5.72. The minimum Gasteiger partial charge on any atom is -0.445 e. The number of nitrogens with zero attached hydrogens (tertiary/aromatic N) is 1. The normalized spacial score (nSPS) is 26.4. The van der Waals surface area contributed by atoms with Crippen molar-refractivity contribution >= 4 is 0 Å². The van der Waals surface area contributed by atoms with Crippen LogP contribution in [0.15, 0.2) is 4.42 Å². The molecule has 0 saturated heterocycles. The Morgan fingerprint density at radius 3 is 2.92 bits per heavy atom. The molecule has 1 saturated carbocycles. The molecule has 3 nitrogen and oxygen atoms in total. The van der Waals surface area contributed by atoms with E-state index in [0.717, 1.165) is 30.2 Å². The van der Waals surface area contributed by atoms with Gasteiger partial charge in [0, 0.05) is 24.8 Å². The van der Waals surface area contributed by atoms with Gasteiger partial charge in [-0.25, -0.2) is 4.98 Å². The van der Waals surface area contributed by atoms with Crippen molar-refractivity contribution in [2.75, 3.05) is 6.54 Å². The third-order valence-electron chi connectivity index (χ3n) is 3.06. The van der Waals surface area contributed by atoms with E-state index in [9.17, 15) is 0 Å². The monoisotopic (exact) mass is 178 g/mol. The molecule has 2 N–H and O–H groups in total. The number of fused-ring (bicyclic) bond motifs is 1. The van der Waals surface area contributed by atoms with E-state index in [0.29, 0.717) is 18.4 Å². The third kappa shape index (κ3) is 1.10. The molecule has 1 aromatic heterocycles. The maximum atomic E-state index is 5.72. The topological polar surface area (TPSA) is 52.0 Å². The Kier molecular flexibility index (Phi) is 1.50. The number of oxazole rings is 1. The first kappa shape index (κ1) is 7.56. The molecule has 1 heterocycles. The molecule has 13 heavy (non-hydrogen) atoms. The van der Waals surface area contributed by atoms with Gasteiger partial charge in [0.2, 0.25) is 0 Å². The summed E-state index contributed by atoms with van der Waals surface area (Å²) in [7, 11) is 0.